The number of halogens is 3. The number of hydrogen-bond donors (Lipinski definition) is 2. The van der Waals surface area contributed by atoms with Crippen LogP contribution in [0.15, 0.2) is 70.5 Å². The van der Waals surface area contributed by atoms with Crippen LogP contribution in [-0.4, -0.2) is 55.7 Å². The number of carbonyl (C=O) groups is 4. The van der Waals surface area contributed by atoms with Crippen LogP contribution in [-0.2, 0) is 38.1 Å². The highest BCUT2D eigenvalue weighted by atomic mass is 35.7. The summed E-state index contributed by atoms with van der Waals surface area (Å²) < 4.78 is 42.9. The molecule has 0 spiro atoms. The van der Waals surface area contributed by atoms with Crippen molar-refractivity contribution in [1.29, 1.82) is 0 Å². The number of carboxylic acids is 2. The van der Waals surface area contributed by atoms with Crippen LogP contribution < -0.4 is 0 Å². The van der Waals surface area contributed by atoms with E-state index in [2.05, 4.69) is 23.2 Å². The Morgan fingerprint density at radius 1 is 0.611 bits per heavy atom. The molecule has 0 radical (unpaired) electrons. The zero-order valence-corrected chi connectivity index (χ0v) is 23.8. The molecule has 2 rings (SSSR count). The van der Waals surface area contributed by atoms with Crippen LogP contribution in [0.25, 0.3) is 0 Å². The predicted octanol–water partition coefficient (Wildman–Crippen LogP) is 4.43. The molecule has 0 fully saturated rings. The van der Waals surface area contributed by atoms with Gasteiger partial charge in [-0.05, 0) is 47.5 Å². The van der Waals surface area contributed by atoms with Crippen LogP contribution in [0.3, 0.4) is 0 Å². The molecule has 15 heteroatoms. The lowest BCUT2D eigenvalue weighted by molar-refractivity contribution is -0.135. The van der Waals surface area contributed by atoms with Gasteiger partial charge in [0.05, 0.1) is 9.79 Å². The first-order valence-electron chi connectivity index (χ1n) is 9.10. The van der Waals surface area contributed by atoms with Crippen molar-refractivity contribution in [3.8, 4) is 0 Å². The van der Waals surface area contributed by atoms with E-state index >= 15 is 0 Å². The second-order valence-corrected chi connectivity index (χ2v) is 11.5. The van der Waals surface area contributed by atoms with Gasteiger partial charge in [0.25, 0.3) is 21.0 Å². The number of sulfone groups is 1. The largest absolute Gasteiger partial charge is 0.481 e. The molecule has 0 amide bonds. The van der Waals surface area contributed by atoms with Crippen molar-refractivity contribution >= 4 is 75.2 Å². The Labute approximate surface area is 225 Å². The molecule has 36 heavy (non-hydrogen) atoms. The van der Waals surface area contributed by atoms with E-state index < -0.39 is 30.8 Å². The van der Waals surface area contributed by atoms with Crippen molar-refractivity contribution in [2.45, 2.75) is 37.5 Å². The molecular weight excluding hydrogens is 583 g/mol. The van der Waals surface area contributed by atoms with E-state index in [4.69, 9.17) is 30.5 Å². The normalized spacial score (nSPS) is 9.11. The highest BCUT2D eigenvalue weighted by molar-refractivity contribution is 8.13. The lowest BCUT2D eigenvalue weighted by Crippen LogP contribution is -1.95. The molecule has 0 aliphatic carbocycles. The van der Waals surface area contributed by atoms with Gasteiger partial charge in [0, 0.05) is 44.6 Å². The molecule has 0 unspecified atom stereocenters. The Morgan fingerprint density at radius 3 is 0.917 bits per heavy atom. The molecule has 2 aromatic rings. The average Bonchev–Trinajstić information content (AvgIpc) is 2.67. The lowest BCUT2D eigenvalue weighted by atomic mass is 10.4. The van der Waals surface area contributed by atoms with Gasteiger partial charge in [-0.2, -0.15) is 0 Å². The number of rotatable bonds is 2. The molecule has 2 aromatic carbocycles. The fourth-order valence-corrected chi connectivity index (χ4v) is 2.69. The van der Waals surface area contributed by atoms with Gasteiger partial charge in [-0.25, -0.2) is 16.8 Å². The second-order valence-electron chi connectivity index (χ2n) is 5.81. The van der Waals surface area contributed by atoms with E-state index in [0.29, 0.717) is 4.90 Å². The van der Waals surface area contributed by atoms with Crippen molar-refractivity contribution in [3.05, 3.63) is 60.7 Å². The Morgan fingerprint density at radius 2 is 0.806 bits per heavy atom. The number of benzene rings is 2. The smallest absolute Gasteiger partial charge is 0.300 e. The lowest BCUT2D eigenvalue weighted by Gasteiger charge is -1.93. The molecule has 0 aromatic heterocycles. The third-order valence-corrected chi connectivity index (χ3v) is 4.69. The van der Waals surface area contributed by atoms with Gasteiger partial charge in [0.15, 0.2) is 9.84 Å². The second kappa shape index (κ2) is 22.9. The molecule has 0 saturated carbocycles. The third kappa shape index (κ3) is 45.1. The summed E-state index contributed by atoms with van der Waals surface area (Å²) in [4.78, 5) is 36.9. The molecule has 204 valence electrons. The number of aliphatic carboxylic acids is 2. The van der Waals surface area contributed by atoms with Gasteiger partial charge in [0.1, 0.15) is 0 Å². The van der Waals surface area contributed by atoms with E-state index in [1.165, 1.54) is 32.2 Å². The summed E-state index contributed by atoms with van der Waals surface area (Å²) in [6, 6.07) is 16.2. The zero-order chi connectivity index (χ0) is 29.5. The Kier molecular flexibility index (Phi) is 25.9. The van der Waals surface area contributed by atoms with Crippen molar-refractivity contribution < 1.29 is 46.2 Å². The predicted molar refractivity (Wildman–Crippen MR) is 139 cm³/mol. The van der Waals surface area contributed by atoms with Crippen molar-refractivity contribution in [2.24, 2.45) is 0 Å². The maximum atomic E-state index is 10.8. The van der Waals surface area contributed by atoms with Crippen molar-refractivity contribution in [3.63, 3.8) is 0 Å². The van der Waals surface area contributed by atoms with E-state index in [0.717, 1.165) is 13.8 Å². The monoisotopic (exact) mass is 608 g/mol. The summed E-state index contributed by atoms with van der Waals surface area (Å²) in [7, 11) is -1.50. The molecule has 10 nitrogen and oxygen atoms in total. The highest BCUT2D eigenvalue weighted by Crippen LogP contribution is 2.12. The Balaban J connectivity index is -0.000000183. The van der Waals surface area contributed by atoms with Crippen LogP contribution in [0, 0.1) is 0 Å². The van der Waals surface area contributed by atoms with Crippen LogP contribution in [0.1, 0.15) is 27.7 Å². The Bertz CT molecular complexity index is 990. The minimum Gasteiger partial charge on any atom is -0.481 e. The van der Waals surface area contributed by atoms with E-state index in [-0.39, 0.29) is 15.4 Å². The zero-order valence-electron chi connectivity index (χ0n) is 19.9. The van der Waals surface area contributed by atoms with Crippen molar-refractivity contribution in [1.82, 2.24) is 0 Å². The minimum atomic E-state index is -3.53. The van der Waals surface area contributed by atoms with Gasteiger partial charge in [-0.1, -0.05) is 36.4 Å². The van der Waals surface area contributed by atoms with E-state index in [9.17, 15) is 26.4 Å². The van der Waals surface area contributed by atoms with Crippen LogP contribution in [0.2, 0.25) is 0 Å². The first kappa shape index (κ1) is 40.7. The summed E-state index contributed by atoms with van der Waals surface area (Å²) in [6.07, 6.45) is 1.20. The molecule has 0 aliphatic rings. The fourth-order valence-electron chi connectivity index (χ4n) is 1.25. The number of carbonyl (C=O) groups excluding carboxylic acids is 2. The third-order valence-electron chi connectivity index (χ3n) is 2.20. The van der Waals surface area contributed by atoms with Crippen LogP contribution in [0.4, 0.5) is 0 Å². The topological polar surface area (TPSA) is 177 Å². The minimum absolute atomic E-state index is 0.136. The molecule has 0 heterocycles. The molecular formula is C21H27Cl3O10S2. The standard InChI is InChI=1S/C7H8O2S.C6H5ClO2S.2C2H3ClO.2C2H4O2/c1-10(8,9)7-5-3-2-4-6-7;7-10(8,9)6-4-2-1-3-5-6;4*1-2(3)4/h2-6H,1H3;1-5H;2*1H3;2*1H3,(H,3,4). The quantitative estimate of drug-likeness (QED) is 0.463. The Hall–Kier alpha value is -2.51. The van der Waals surface area contributed by atoms with Crippen LogP contribution >= 0.6 is 33.9 Å². The summed E-state index contributed by atoms with van der Waals surface area (Å²) in [5.74, 6) is -1.67. The summed E-state index contributed by atoms with van der Waals surface area (Å²) in [5, 5.41) is 14.1. The number of hydrogen-bond acceptors (Lipinski definition) is 8. The first-order valence-corrected chi connectivity index (χ1v) is 14.1. The van der Waals surface area contributed by atoms with Crippen LogP contribution in [0.5, 0.6) is 0 Å². The molecule has 0 aliphatic heterocycles. The van der Waals surface area contributed by atoms with Gasteiger partial charge in [-0.3, -0.25) is 19.2 Å². The molecule has 0 bridgehead atoms. The van der Waals surface area contributed by atoms with Crippen molar-refractivity contribution in [2.75, 3.05) is 6.26 Å². The highest BCUT2D eigenvalue weighted by Gasteiger charge is 2.06. The number of carboxylic acid groups (broad SMARTS) is 2. The average molecular weight is 610 g/mol. The molecule has 0 atom stereocenters. The first-order chi connectivity index (χ1) is 16.1. The van der Waals surface area contributed by atoms with E-state index in [1.54, 1.807) is 48.5 Å². The van der Waals surface area contributed by atoms with Gasteiger partial charge >= 0.3 is 0 Å². The summed E-state index contributed by atoms with van der Waals surface area (Å²) in [5.41, 5.74) is 0. The maximum absolute atomic E-state index is 10.8. The van der Waals surface area contributed by atoms with Gasteiger partial charge in [-0.15, -0.1) is 0 Å². The summed E-state index contributed by atoms with van der Waals surface area (Å²) >= 11 is 9.27. The molecule has 0 saturated heterocycles. The van der Waals surface area contributed by atoms with Gasteiger partial charge < -0.3 is 10.2 Å². The summed E-state index contributed by atoms with van der Waals surface area (Å²) in [6.45, 7) is 4.75. The van der Waals surface area contributed by atoms with Gasteiger partial charge in [0.2, 0.25) is 10.5 Å². The van der Waals surface area contributed by atoms with E-state index in [1.807, 2.05) is 0 Å². The molecule has 2 N–H and O–H groups in total. The maximum Gasteiger partial charge on any atom is 0.300 e. The fraction of sp³-hybridized carbons (Fsp3) is 0.238. The SMILES string of the molecule is CC(=O)Cl.CC(=O)Cl.CC(=O)O.CC(=O)O.CS(=O)(=O)c1ccccc1.O=S(=O)(Cl)c1ccccc1.